The molecule has 0 radical (unpaired) electrons. The molecule has 1 aromatic rings. The largest absolute Gasteiger partial charge is 0.417 e. The SMILES string of the molecule is NC(N)=NC(=O)c1ccc(F)cc1C(F)(F)F. The van der Waals surface area contributed by atoms with Gasteiger partial charge in [-0.05, 0) is 18.2 Å². The van der Waals surface area contributed by atoms with Crippen LogP contribution in [0.25, 0.3) is 0 Å². The van der Waals surface area contributed by atoms with E-state index in [1.165, 1.54) is 0 Å². The van der Waals surface area contributed by atoms with Gasteiger partial charge < -0.3 is 11.5 Å². The van der Waals surface area contributed by atoms with Gasteiger partial charge >= 0.3 is 6.18 Å². The Bertz CT molecular complexity index is 478. The Morgan fingerprint density at radius 2 is 1.82 bits per heavy atom. The van der Waals surface area contributed by atoms with E-state index in [2.05, 4.69) is 4.99 Å². The van der Waals surface area contributed by atoms with Crippen LogP contribution >= 0.6 is 0 Å². The highest BCUT2D eigenvalue weighted by Crippen LogP contribution is 2.32. The molecule has 1 amide bonds. The Balaban J connectivity index is 3.34. The molecule has 0 aliphatic heterocycles. The van der Waals surface area contributed by atoms with Gasteiger partial charge in [-0.1, -0.05) is 0 Å². The molecule has 92 valence electrons. The fraction of sp³-hybridized carbons (Fsp3) is 0.111. The molecule has 0 bridgehead atoms. The van der Waals surface area contributed by atoms with E-state index in [4.69, 9.17) is 11.5 Å². The molecule has 0 fully saturated rings. The molecule has 0 spiro atoms. The fourth-order valence-electron chi connectivity index (χ4n) is 1.11. The normalized spacial score (nSPS) is 11.1. The van der Waals surface area contributed by atoms with Crippen LogP contribution in [-0.2, 0) is 6.18 Å². The quantitative estimate of drug-likeness (QED) is 0.446. The Morgan fingerprint density at radius 1 is 1.24 bits per heavy atom. The van der Waals surface area contributed by atoms with Crippen molar-refractivity contribution in [2.75, 3.05) is 0 Å². The van der Waals surface area contributed by atoms with Gasteiger partial charge in [0.1, 0.15) is 5.82 Å². The summed E-state index contributed by atoms with van der Waals surface area (Å²) >= 11 is 0. The minimum absolute atomic E-state index is 0.204. The van der Waals surface area contributed by atoms with E-state index in [1.54, 1.807) is 0 Å². The molecule has 1 rings (SSSR count). The van der Waals surface area contributed by atoms with Crippen molar-refractivity contribution < 1.29 is 22.4 Å². The molecule has 1 aromatic carbocycles. The van der Waals surface area contributed by atoms with E-state index >= 15 is 0 Å². The molecule has 17 heavy (non-hydrogen) atoms. The summed E-state index contributed by atoms with van der Waals surface area (Å²) in [6, 6.07) is 1.59. The molecule has 0 aromatic heterocycles. The van der Waals surface area contributed by atoms with Crippen LogP contribution in [0.5, 0.6) is 0 Å². The van der Waals surface area contributed by atoms with E-state index < -0.39 is 35.0 Å². The van der Waals surface area contributed by atoms with Crippen molar-refractivity contribution in [3.63, 3.8) is 0 Å². The first kappa shape index (κ1) is 12.9. The molecule has 4 N–H and O–H groups in total. The zero-order valence-electron chi connectivity index (χ0n) is 8.25. The lowest BCUT2D eigenvalue weighted by Gasteiger charge is -2.10. The molecular weight excluding hydrogens is 242 g/mol. The van der Waals surface area contributed by atoms with Crippen LogP contribution < -0.4 is 11.5 Å². The lowest BCUT2D eigenvalue weighted by molar-refractivity contribution is -0.138. The average molecular weight is 249 g/mol. The Hall–Kier alpha value is -2.12. The zero-order chi connectivity index (χ0) is 13.2. The first-order valence-electron chi connectivity index (χ1n) is 4.22. The summed E-state index contributed by atoms with van der Waals surface area (Å²) in [5, 5.41) is 0. The van der Waals surface area contributed by atoms with Crippen molar-refractivity contribution in [3.8, 4) is 0 Å². The second kappa shape index (κ2) is 4.40. The summed E-state index contributed by atoms with van der Waals surface area (Å²) in [4.78, 5) is 14.2. The third-order valence-corrected chi connectivity index (χ3v) is 1.75. The molecule has 0 aliphatic carbocycles. The van der Waals surface area contributed by atoms with E-state index in [9.17, 15) is 22.4 Å². The van der Waals surface area contributed by atoms with Gasteiger partial charge in [0.15, 0.2) is 5.96 Å². The monoisotopic (exact) mass is 249 g/mol. The fourth-order valence-corrected chi connectivity index (χ4v) is 1.11. The Kier molecular flexibility index (Phi) is 3.35. The number of amides is 1. The number of nitrogens with zero attached hydrogens (tertiary/aromatic N) is 1. The van der Waals surface area contributed by atoms with Gasteiger partial charge in [0, 0.05) is 0 Å². The molecule has 0 saturated heterocycles. The van der Waals surface area contributed by atoms with Crippen LogP contribution in [0.2, 0.25) is 0 Å². The van der Waals surface area contributed by atoms with E-state index in [0.717, 1.165) is 0 Å². The standard InChI is InChI=1S/C9H7F4N3O/c10-4-1-2-5(7(17)16-8(14)15)6(3-4)9(11,12)13/h1-3H,(H4,14,15,16,17). The molecule has 0 atom stereocenters. The van der Waals surface area contributed by atoms with E-state index in [1.807, 2.05) is 0 Å². The van der Waals surface area contributed by atoms with Crippen LogP contribution in [0, 0.1) is 5.82 Å². The number of aliphatic imine (C=N–C) groups is 1. The molecule has 4 nitrogen and oxygen atoms in total. The number of nitrogens with two attached hydrogens (primary N) is 2. The highest BCUT2D eigenvalue weighted by atomic mass is 19.4. The summed E-state index contributed by atoms with van der Waals surface area (Å²) < 4.78 is 50.2. The topological polar surface area (TPSA) is 81.5 Å². The average Bonchev–Trinajstić information content (AvgIpc) is 2.14. The second-order valence-corrected chi connectivity index (χ2v) is 3.03. The number of carbonyl (C=O) groups is 1. The number of rotatable bonds is 1. The lowest BCUT2D eigenvalue weighted by atomic mass is 10.1. The van der Waals surface area contributed by atoms with Crippen molar-refractivity contribution in [2.24, 2.45) is 16.5 Å². The van der Waals surface area contributed by atoms with Crippen molar-refractivity contribution in [2.45, 2.75) is 6.18 Å². The summed E-state index contributed by atoms with van der Waals surface area (Å²) in [6.45, 7) is 0. The predicted molar refractivity (Wildman–Crippen MR) is 51.5 cm³/mol. The number of carbonyl (C=O) groups excluding carboxylic acids is 1. The third-order valence-electron chi connectivity index (χ3n) is 1.75. The number of hydrogen-bond donors (Lipinski definition) is 2. The molecule has 0 heterocycles. The molecule has 0 saturated carbocycles. The van der Waals surface area contributed by atoms with Crippen LogP contribution in [0.4, 0.5) is 17.6 Å². The molecule has 0 unspecified atom stereocenters. The molecule has 0 aliphatic rings. The predicted octanol–water partition coefficient (Wildman–Crippen LogP) is 1.26. The zero-order valence-corrected chi connectivity index (χ0v) is 8.25. The number of hydrogen-bond acceptors (Lipinski definition) is 1. The number of benzene rings is 1. The summed E-state index contributed by atoms with van der Waals surface area (Å²) in [7, 11) is 0. The Labute approximate surface area is 92.9 Å². The molecule has 8 heteroatoms. The maximum atomic E-state index is 12.7. The van der Waals surface area contributed by atoms with Crippen LogP contribution in [0.1, 0.15) is 15.9 Å². The van der Waals surface area contributed by atoms with Crippen molar-refractivity contribution in [1.82, 2.24) is 0 Å². The first-order valence-corrected chi connectivity index (χ1v) is 4.22. The molecular formula is C9H7F4N3O. The van der Waals surface area contributed by atoms with E-state index in [-0.39, 0.29) is 6.07 Å². The van der Waals surface area contributed by atoms with Gasteiger partial charge in [0.25, 0.3) is 5.91 Å². The van der Waals surface area contributed by atoms with Gasteiger partial charge in [-0.25, -0.2) is 4.39 Å². The second-order valence-electron chi connectivity index (χ2n) is 3.03. The summed E-state index contributed by atoms with van der Waals surface area (Å²) in [5.74, 6) is -3.07. The van der Waals surface area contributed by atoms with Gasteiger partial charge in [-0.2, -0.15) is 18.2 Å². The smallest absolute Gasteiger partial charge is 0.370 e. The van der Waals surface area contributed by atoms with E-state index in [0.29, 0.717) is 12.1 Å². The highest BCUT2D eigenvalue weighted by molar-refractivity contribution is 6.02. The van der Waals surface area contributed by atoms with Crippen molar-refractivity contribution in [1.29, 1.82) is 0 Å². The van der Waals surface area contributed by atoms with Crippen LogP contribution in [0.15, 0.2) is 23.2 Å². The highest BCUT2D eigenvalue weighted by Gasteiger charge is 2.35. The lowest BCUT2D eigenvalue weighted by Crippen LogP contribution is -2.25. The van der Waals surface area contributed by atoms with Gasteiger partial charge in [-0.3, -0.25) is 4.79 Å². The number of alkyl halides is 3. The van der Waals surface area contributed by atoms with Gasteiger partial charge in [-0.15, -0.1) is 0 Å². The number of guanidine groups is 1. The van der Waals surface area contributed by atoms with Crippen molar-refractivity contribution in [3.05, 3.63) is 35.1 Å². The van der Waals surface area contributed by atoms with Crippen molar-refractivity contribution >= 4 is 11.9 Å². The Morgan fingerprint density at radius 3 is 2.29 bits per heavy atom. The third kappa shape index (κ3) is 3.16. The maximum absolute atomic E-state index is 12.7. The van der Waals surface area contributed by atoms with Gasteiger partial charge in [0.2, 0.25) is 0 Å². The van der Waals surface area contributed by atoms with Crippen LogP contribution in [-0.4, -0.2) is 11.9 Å². The minimum Gasteiger partial charge on any atom is -0.370 e. The first-order chi connectivity index (χ1) is 7.71. The minimum atomic E-state index is -4.87. The number of halogens is 4. The summed E-state index contributed by atoms with van der Waals surface area (Å²) in [6.07, 6.45) is -4.87. The maximum Gasteiger partial charge on any atom is 0.417 e. The van der Waals surface area contributed by atoms with Gasteiger partial charge in [0.05, 0.1) is 11.1 Å². The summed E-state index contributed by atoms with van der Waals surface area (Å²) in [5.41, 5.74) is 7.51. The van der Waals surface area contributed by atoms with Crippen LogP contribution in [0.3, 0.4) is 0 Å².